The highest BCUT2D eigenvalue weighted by Gasteiger charge is 2.32. The predicted octanol–water partition coefficient (Wildman–Crippen LogP) is 2.77. The summed E-state index contributed by atoms with van der Waals surface area (Å²) >= 11 is 0. The van der Waals surface area contributed by atoms with E-state index >= 15 is 0 Å². The second-order valence-electron chi connectivity index (χ2n) is 5.57. The van der Waals surface area contributed by atoms with Crippen molar-refractivity contribution in [2.24, 2.45) is 0 Å². The zero-order valence-corrected chi connectivity index (χ0v) is 11.9. The van der Waals surface area contributed by atoms with Crippen LogP contribution >= 0.6 is 0 Å². The van der Waals surface area contributed by atoms with Gasteiger partial charge in [0.25, 0.3) is 0 Å². The predicted molar refractivity (Wildman–Crippen MR) is 74.8 cm³/mol. The summed E-state index contributed by atoms with van der Waals surface area (Å²) in [6.45, 7) is 1.95. The largest absolute Gasteiger partial charge is 0.467 e. The van der Waals surface area contributed by atoms with Gasteiger partial charge in [0.05, 0.1) is 12.3 Å². The van der Waals surface area contributed by atoms with Crippen molar-refractivity contribution < 1.29 is 9.21 Å². The number of hydrogen-bond donors (Lipinski definition) is 2. The molecule has 1 aliphatic carbocycles. The van der Waals surface area contributed by atoms with Crippen molar-refractivity contribution in [3.05, 3.63) is 24.2 Å². The standard InChI is InChI=1S/C15H24N2O2/c1-12(13-7-6-10-19-13)17-14(18)11-15(16-2)8-4-3-5-9-15/h6-7,10,12,16H,3-5,8-9,11H2,1-2H3,(H,17,18)/t12-/m1/s1. The van der Waals surface area contributed by atoms with Gasteiger partial charge in [-0.25, -0.2) is 0 Å². The molecule has 0 spiro atoms. The first-order valence-corrected chi connectivity index (χ1v) is 7.17. The number of carbonyl (C=O) groups is 1. The molecular formula is C15H24N2O2. The summed E-state index contributed by atoms with van der Waals surface area (Å²) in [5.41, 5.74) is -0.00871. The Morgan fingerprint density at radius 3 is 2.74 bits per heavy atom. The van der Waals surface area contributed by atoms with Crippen molar-refractivity contribution in [1.82, 2.24) is 10.6 Å². The van der Waals surface area contributed by atoms with Crippen LogP contribution in [0.1, 0.15) is 57.3 Å². The summed E-state index contributed by atoms with van der Waals surface area (Å²) in [4.78, 5) is 12.2. The molecule has 0 aromatic carbocycles. The molecule has 1 atom stereocenters. The van der Waals surface area contributed by atoms with Gasteiger partial charge in [-0.2, -0.15) is 0 Å². The minimum atomic E-state index is -0.0694. The Labute approximate surface area is 114 Å². The second kappa shape index (κ2) is 6.24. The third kappa shape index (κ3) is 3.60. The number of hydrogen-bond acceptors (Lipinski definition) is 3. The first kappa shape index (κ1) is 14.1. The van der Waals surface area contributed by atoms with Gasteiger partial charge in [0.2, 0.25) is 5.91 Å². The lowest BCUT2D eigenvalue weighted by molar-refractivity contribution is -0.123. The van der Waals surface area contributed by atoms with Gasteiger partial charge in [-0.15, -0.1) is 0 Å². The van der Waals surface area contributed by atoms with Crippen LogP contribution in [0.4, 0.5) is 0 Å². The van der Waals surface area contributed by atoms with Crippen molar-refractivity contribution in [2.75, 3.05) is 7.05 Å². The molecule has 0 saturated heterocycles. The number of nitrogens with one attached hydrogen (secondary N) is 2. The number of rotatable bonds is 5. The smallest absolute Gasteiger partial charge is 0.222 e. The van der Waals surface area contributed by atoms with Crippen LogP contribution in [0, 0.1) is 0 Å². The molecule has 1 aliphatic rings. The van der Waals surface area contributed by atoms with E-state index < -0.39 is 0 Å². The highest BCUT2D eigenvalue weighted by atomic mass is 16.3. The van der Waals surface area contributed by atoms with Crippen LogP contribution in [0.3, 0.4) is 0 Å². The average molecular weight is 264 g/mol. The van der Waals surface area contributed by atoms with Gasteiger partial charge in [-0.1, -0.05) is 19.3 Å². The van der Waals surface area contributed by atoms with E-state index in [-0.39, 0.29) is 17.5 Å². The Morgan fingerprint density at radius 1 is 1.42 bits per heavy atom. The van der Waals surface area contributed by atoms with E-state index in [1.54, 1.807) is 6.26 Å². The molecule has 4 heteroatoms. The molecule has 0 aliphatic heterocycles. The Morgan fingerprint density at radius 2 is 2.16 bits per heavy atom. The summed E-state index contributed by atoms with van der Waals surface area (Å²) in [5.74, 6) is 0.899. The van der Waals surface area contributed by atoms with Crippen LogP contribution in [0.15, 0.2) is 22.8 Å². The van der Waals surface area contributed by atoms with Crippen LogP contribution in [-0.2, 0) is 4.79 Å². The van der Waals surface area contributed by atoms with E-state index in [4.69, 9.17) is 4.42 Å². The van der Waals surface area contributed by atoms with Gasteiger partial charge >= 0.3 is 0 Å². The molecule has 0 radical (unpaired) electrons. The van der Waals surface area contributed by atoms with Crippen molar-refractivity contribution >= 4 is 5.91 Å². The molecule has 0 unspecified atom stereocenters. The maximum atomic E-state index is 12.2. The summed E-state index contributed by atoms with van der Waals surface area (Å²) in [6, 6.07) is 3.66. The van der Waals surface area contributed by atoms with Gasteiger partial charge in [0.1, 0.15) is 5.76 Å². The molecule has 4 nitrogen and oxygen atoms in total. The molecule has 1 aromatic rings. The number of carbonyl (C=O) groups excluding carboxylic acids is 1. The topological polar surface area (TPSA) is 54.3 Å². The third-order valence-electron chi connectivity index (χ3n) is 4.19. The molecule has 0 bridgehead atoms. The molecular weight excluding hydrogens is 240 g/mol. The highest BCUT2D eigenvalue weighted by Crippen LogP contribution is 2.30. The SMILES string of the molecule is CNC1(CC(=O)N[C@H](C)c2ccco2)CCCCC1. The summed E-state index contributed by atoms with van der Waals surface area (Å²) in [6.07, 6.45) is 8.07. The molecule has 1 aromatic heterocycles. The normalized spacial score (nSPS) is 19.9. The Balaban J connectivity index is 1.89. The van der Waals surface area contributed by atoms with Gasteiger partial charge in [0.15, 0.2) is 0 Å². The first-order chi connectivity index (χ1) is 9.15. The van der Waals surface area contributed by atoms with Gasteiger partial charge in [-0.05, 0) is 38.9 Å². The Hall–Kier alpha value is -1.29. The van der Waals surface area contributed by atoms with Crippen molar-refractivity contribution in [3.63, 3.8) is 0 Å². The quantitative estimate of drug-likeness (QED) is 0.860. The third-order valence-corrected chi connectivity index (χ3v) is 4.19. The fraction of sp³-hybridized carbons (Fsp3) is 0.667. The van der Waals surface area contributed by atoms with Gasteiger partial charge in [-0.3, -0.25) is 4.79 Å². The van der Waals surface area contributed by atoms with E-state index in [1.807, 2.05) is 26.1 Å². The maximum absolute atomic E-state index is 12.2. The van der Waals surface area contributed by atoms with Crippen molar-refractivity contribution in [1.29, 1.82) is 0 Å². The fourth-order valence-corrected chi connectivity index (χ4v) is 2.95. The minimum Gasteiger partial charge on any atom is -0.467 e. The van der Waals surface area contributed by atoms with Crippen molar-refractivity contribution in [2.45, 2.75) is 57.0 Å². The van der Waals surface area contributed by atoms with Crippen LogP contribution in [0.25, 0.3) is 0 Å². The molecule has 2 N–H and O–H groups in total. The summed E-state index contributed by atoms with van der Waals surface area (Å²) in [7, 11) is 1.97. The lowest BCUT2D eigenvalue weighted by Crippen LogP contribution is -2.48. The van der Waals surface area contributed by atoms with Crippen LogP contribution in [0.2, 0.25) is 0 Å². The molecule has 19 heavy (non-hydrogen) atoms. The minimum absolute atomic E-state index is 0.00871. The van der Waals surface area contributed by atoms with Crippen molar-refractivity contribution in [3.8, 4) is 0 Å². The van der Waals surface area contributed by atoms with E-state index in [1.165, 1.54) is 19.3 Å². The average Bonchev–Trinajstić information content (AvgIpc) is 2.93. The fourth-order valence-electron chi connectivity index (χ4n) is 2.95. The molecule has 1 amide bonds. The van der Waals surface area contributed by atoms with Gasteiger partial charge < -0.3 is 15.1 Å². The molecule has 1 heterocycles. The molecule has 1 saturated carbocycles. The summed E-state index contributed by atoms with van der Waals surface area (Å²) in [5, 5.41) is 6.39. The molecule has 2 rings (SSSR count). The van der Waals surface area contributed by atoms with E-state index in [9.17, 15) is 4.79 Å². The molecule has 106 valence electrons. The van der Waals surface area contributed by atoms with E-state index in [2.05, 4.69) is 10.6 Å². The number of amides is 1. The van der Waals surface area contributed by atoms with Gasteiger partial charge in [0, 0.05) is 12.0 Å². The summed E-state index contributed by atoms with van der Waals surface area (Å²) < 4.78 is 5.31. The Bertz CT molecular complexity index is 394. The maximum Gasteiger partial charge on any atom is 0.222 e. The van der Waals surface area contributed by atoms with Crippen LogP contribution in [0.5, 0.6) is 0 Å². The zero-order chi connectivity index (χ0) is 13.7. The first-order valence-electron chi connectivity index (χ1n) is 7.17. The van der Waals surface area contributed by atoms with Crippen LogP contribution in [-0.4, -0.2) is 18.5 Å². The van der Waals surface area contributed by atoms with Crippen LogP contribution < -0.4 is 10.6 Å². The Kier molecular flexibility index (Phi) is 4.64. The second-order valence-corrected chi connectivity index (χ2v) is 5.57. The molecule has 1 fully saturated rings. The highest BCUT2D eigenvalue weighted by molar-refractivity contribution is 5.77. The lowest BCUT2D eigenvalue weighted by atomic mass is 9.79. The number of furan rings is 1. The zero-order valence-electron chi connectivity index (χ0n) is 11.9. The lowest BCUT2D eigenvalue weighted by Gasteiger charge is -2.36. The van der Waals surface area contributed by atoms with E-state index in [0.717, 1.165) is 18.6 Å². The van der Waals surface area contributed by atoms with E-state index in [0.29, 0.717) is 6.42 Å². The monoisotopic (exact) mass is 264 g/mol.